The Morgan fingerprint density at radius 1 is 1.28 bits per heavy atom. The van der Waals surface area contributed by atoms with E-state index in [0.717, 1.165) is 68.6 Å². The minimum Gasteiger partial charge on any atom is -0.489 e. The van der Waals surface area contributed by atoms with E-state index in [1.165, 1.54) is 16.9 Å². The van der Waals surface area contributed by atoms with Crippen molar-refractivity contribution >= 4 is 33.2 Å². The van der Waals surface area contributed by atoms with Gasteiger partial charge in [-0.25, -0.2) is 4.98 Å². The lowest BCUT2D eigenvalue weighted by molar-refractivity contribution is 0.0904. The van der Waals surface area contributed by atoms with Gasteiger partial charge >= 0.3 is 0 Å². The number of halogens is 1. The van der Waals surface area contributed by atoms with E-state index < -0.39 is 0 Å². The molecule has 0 bridgehead atoms. The molecule has 29 heavy (non-hydrogen) atoms. The van der Waals surface area contributed by atoms with Crippen molar-refractivity contribution in [3.63, 3.8) is 0 Å². The van der Waals surface area contributed by atoms with Gasteiger partial charge in [0.25, 0.3) is 5.91 Å². The molecule has 6 nitrogen and oxygen atoms in total. The second-order valence-electron chi connectivity index (χ2n) is 7.73. The lowest BCUT2D eigenvalue weighted by atomic mass is 10.0. The molecule has 3 heterocycles. The highest BCUT2D eigenvalue weighted by molar-refractivity contribution is 9.10. The van der Waals surface area contributed by atoms with Crippen molar-refractivity contribution in [3.8, 4) is 5.75 Å². The number of piperidine rings is 2. The molecule has 1 amide bonds. The van der Waals surface area contributed by atoms with Crippen LogP contribution in [0.5, 0.6) is 5.75 Å². The Kier molecular flexibility index (Phi) is 7.18. The zero-order valence-corrected chi connectivity index (χ0v) is 18.8. The zero-order valence-electron chi connectivity index (χ0n) is 16.4. The topological polar surface area (TPSA) is 66.5 Å². The van der Waals surface area contributed by atoms with Gasteiger partial charge in [-0.05, 0) is 72.4 Å². The van der Waals surface area contributed by atoms with Gasteiger partial charge in [-0.1, -0.05) is 6.07 Å². The summed E-state index contributed by atoms with van der Waals surface area (Å²) in [5.74, 6) is 0.877. The number of ether oxygens (including phenoxy) is 1. The van der Waals surface area contributed by atoms with Crippen LogP contribution in [0.3, 0.4) is 0 Å². The normalized spacial score (nSPS) is 19.2. The fourth-order valence-corrected chi connectivity index (χ4v) is 4.96. The van der Waals surface area contributed by atoms with Crippen molar-refractivity contribution < 1.29 is 9.53 Å². The minimum atomic E-state index is -0.0574. The number of hydrogen-bond acceptors (Lipinski definition) is 6. The SMILES string of the molecule is O=C(NC1CCN(Cc2ccc(OC3CCNCC3)c(Br)c2)CC1)c1cscn1. The first-order valence-corrected chi connectivity index (χ1v) is 12.0. The molecule has 2 saturated heterocycles. The van der Waals surface area contributed by atoms with Crippen molar-refractivity contribution in [2.24, 2.45) is 0 Å². The van der Waals surface area contributed by atoms with Crippen molar-refractivity contribution in [2.75, 3.05) is 26.2 Å². The molecule has 0 radical (unpaired) electrons. The van der Waals surface area contributed by atoms with Gasteiger partial charge in [0, 0.05) is 31.1 Å². The number of thiazole rings is 1. The van der Waals surface area contributed by atoms with E-state index in [4.69, 9.17) is 4.74 Å². The molecule has 4 rings (SSSR count). The van der Waals surface area contributed by atoms with E-state index in [0.29, 0.717) is 11.8 Å². The molecule has 2 fully saturated rings. The summed E-state index contributed by atoms with van der Waals surface area (Å²) in [4.78, 5) is 18.7. The number of hydrogen-bond donors (Lipinski definition) is 2. The third-order valence-electron chi connectivity index (χ3n) is 5.57. The highest BCUT2D eigenvalue weighted by Gasteiger charge is 2.22. The molecule has 0 saturated carbocycles. The summed E-state index contributed by atoms with van der Waals surface area (Å²) >= 11 is 5.13. The van der Waals surface area contributed by atoms with Gasteiger partial charge in [0.15, 0.2) is 0 Å². The number of nitrogens with one attached hydrogen (secondary N) is 2. The van der Waals surface area contributed by atoms with E-state index in [9.17, 15) is 4.79 Å². The maximum absolute atomic E-state index is 12.2. The van der Waals surface area contributed by atoms with Crippen LogP contribution in [0.2, 0.25) is 0 Å². The summed E-state index contributed by atoms with van der Waals surface area (Å²) in [5.41, 5.74) is 3.49. The highest BCUT2D eigenvalue weighted by atomic mass is 79.9. The zero-order chi connectivity index (χ0) is 20.1. The first-order valence-electron chi connectivity index (χ1n) is 10.2. The Hall–Kier alpha value is -1.48. The number of aromatic nitrogens is 1. The summed E-state index contributed by atoms with van der Waals surface area (Å²) in [6.45, 7) is 4.93. The molecular weight excluding hydrogens is 452 g/mol. The van der Waals surface area contributed by atoms with Crippen LogP contribution in [0, 0.1) is 0 Å². The van der Waals surface area contributed by atoms with Gasteiger partial charge in [-0.3, -0.25) is 9.69 Å². The molecule has 1 aromatic heterocycles. The van der Waals surface area contributed by atoms with Crippen molar-refractivity contribution in [1.29, 1.82) is 0 Å². The second-order valence-corrected chi connectivity index (χ2v) is 9.30. The van der Waals surface area contributed by atoms with Gasteiger partial charge < -0.3 is 15.4 Å². The smallest absolute Gasteiger partial charge is 0.270 e. The fraction of sp³-hybridized carbons (Fsp3) is 0.524. The number of carbonyl (C=O) groups is 1. The predicted octanol–water partition coefficient (Wildman–Crippen LogP) is 3.43. The molecule has 2 aliphatic rings. The summed E-state index contributed by atoms with van der Waals surface area (Å²) in [6, 6.07) is 6.65. The predicted molar refractivity (Wildman–Crippen MR) is 119 cm³/mol. The van der Waals surface area contributed by atoms with Crippen LogP contribution in [0.15, 0.2) is 33.6 Å². The number of likely N-dealkylation sites (tertiary alicyclic amines) is 1. The van der Waals surface area contributed by atoms with Crippen molar-refractivity contribution in [1.82, 2.24) is 20.5 Å². The molecule has 2 aliphatic heterocycles. The molecule has 0 unspecified atom stereocenters. The molecule has 8 heteroatoms. The average molecular weight is 479 g/mol. The van der Waals surface area contributed by atoms with Gasteiger partial charge in [-0.15, -0.1) is 11.3 Å². The van der Waals surface area contributed by atoms with Crippen LogP contribution >= 0.6 is 27.3 Å². The maximum atomic E-state index is 12.2. The third-order valence-corrected chi connectivity index (χ3v) is 6.78. The number of nitrogens with zero attached hydrogens (tertiary/aromatic N) is 2. The fourth-order valence-electron chi connectivity index (χ4n) is 3.91. The molecular formula is C21H27BrN4O2S. The number of rotatable bonds is 6. The molecule has 1 aromatic carbocycles. The molecule has 2 N–H and O–H groups in total. The van der Waals surface area contributed by atoms with Gasteiger partial charge in [0.1, 0.15) is 17.5 Å². The third kappa shape index (κ3) is 5.78. The van der Waals surface area contributed by atoms with Gasteiger partial charge in [0.2, 0.25) is 0 Å². The van der Waals surface area contributed by atoms with E-state index in [2.05, 4.69) is 54.6 Å². The molecule has 156 valence electrons. The van der Waals surface area contributed by atoms with Crippen LogP contribution in [0.4, 0.5) is 0 Å². The lowest BCUT2D eigenvalue weighted by Gasteiger charge is -2.32. The minimum absolute atomic E-state index is 0.0574. The van der Waals surface area contributed by atoms with Crippen LogP contribution < -0.4 is 15.4 Å². The van der Waals surface area contributed by atoms with Crippen molar-refractivity contribution in [2.45, 2.75) is 44.4 Å². The Labute approximate surface area is 184 Å². The lowest BCUT2D eigenvalue weighted by Crippen LogP contribution is -2.44. The first kappa shape index (κ1) is 20.8. The summed E-state index contributed by atoms with van der Waals surface area (Å²) in [5, 5.41) is 8.27. The number of carbonyl (C=O) groups excluding carboxylic acids is 1. The standard InChI is InChI=1S/C21H27BrN4O2S/c22-18-11-15(1-2-20(18)28-17-3-7-23-8-4-17)12-26-9-5-16(6-10-26)25-21(27)19-13-29-14-24-19/h1-2,11,13-14,16-17,23H,3-10,12H2,(H,25,27). The Morgan fingerprint density at radius 2 is 2.07 bits per heavy atom. The second kappa shape index (κ2) is 10.0. The molecule has 2 aromatic rings. The molecule has 0 atom stereocenters. The van der Waals surface area contributed by atoms with Gasteiger partial charge in [0.05, 0.1) is 9.98 Å². The molecule has 0 spiro atoms. The van der Waals surface area contributed by atoms with E-state index in [-0.39, 0.29) is 11.9 Å². The van der Waals surface area contributed by atoms with Gasteiger partial charge in [-0.2, -0.15) is 0 Å². The van der Waals surface area contributed by atoms with Crippen LogP contribution in [-0.2, 0) is 6.54 Å². The van der Waals surface area contributed by atoms with Crippen LogP contribution in [-0.4, -0.2) is 54.1 Å². The quantitative estimate of drug-likeness (QED) is 0.665. The van der Waals surface area contributed by atoms with Crippen molar-refractivity contribution in [3.05, 3.63) is 44.8 Å². The Morgan fingerprint density at radius 3 is 2.76 bits per heavy atom. The van der Waals surface area contributed by atoms with E-state index in [1.807, 2.05) is 0 Å². The average Bonchev–Trinajstić information content (AvgIpc) is 3.27. The summed E-state index contributed by atoms with van der Waals surface area (Å²) in [6.07, 6.45) is 4.35. The Balaban J connectivity index is 1.24. The number of amides is 1. The monoisotopic (exact) mass is 478 g/mol. The first-order chi connectivity index (χ1) is 14.2. The van der Waals surface area contributed by atoms with Crippen LogP contribution in [0.1, 0.15) is 41.7 Å². The maximum Gasteiger partial charge on any atom is 0.270 e. The van der Waals surface area contributed by atoms with E-state index >= 15 is 0 Å². The summed E-state index contributed by atoms with van der Waals surface area (Å²) in [7, 11) is 0. The van der Waals surface area contributed by atoms with Crippen LogP contribution in [0.25, 0.3) is 0 Å². The molecule has 0 aliphatic carbocycles. The largest absolute Gasteiger partial charge is 0.489 e. The number of benzene rings is 1. The van der Waals surface area contributed by atoms with E-state index in [1.54, 1.807) is 10.9 Å². The summed E-state index contributed by atoms with van der Waals surface area (Å²) < 4.78 is 7.19. The highest BCUT2D eigenvalue weighted by Crippen LogP contribution is 2.29. The Bertz CT molecular complexity index is 803.